The second kappa shape index (κ2) is 3.13. The molecule has 1 aliphatic rings. The van der Waals surface area contributed by atoms with Gasteiger partial charge in [-0.15, -0.1) is 0 Å². The molecule has 4 nitrogen and oxygen atoms in total. The second-order valence-corrected chi connectivity index (χ2v) is 3.50. The topological polar surface area (TPSA) is 66.4 Å². The molecule has 4 heteroatoms. The van der Waals surface area contributed by atoms with E-state index in [0.29, 0.717) is 12.8 Å². The molecule has 0 spiro atoms. The van der Waals surface area contributed by atoms with E-state index in [2.05, 4.69) is 5.32 Å². The van der Waals surface area contributed by atoms with Crippen molar-refractivity contribution in [3.05, 3.63) is 0 Å². The van der Waals surface area contributed by atoms with Crippen LogP contribution in [0, 0.1) is 0 Å². The summed E-state index contributed by atoms with van der Waals surface area (Å²) in [5, 5.41) is 11.2. The third-order valence-electron chi connectivity index (χ3n) is 2.24. The summed E-state index contributed by atoms with van der Waals surface area (Å²) in [5.41, 5.74) is -0.282. The molecule has 1 saturated heterocycles. The highest BCUT2D eigenvalue weighted by Gasteiger charge is 2.32. The van der Waals surface area contributed by atoms with Gasteiger partial charge in [0.1, 0.15) is 0 Å². The number of hydrogen-bond donors (Lipinski definition) is 2. The zero-order chi connectivity index (χ0) is 9.19. The van der Waals surface area contributed by atoms with Gasteiger partial charge in [0.25, 0.3) is 0 Å². The molecule has 0 aromatic rings. The Morgan fingerprint density at radius 3 is 2.83 bits per heavy atom. The molecule has 1 rings (SSSR count). The van der Waals surface area contributed by atoms with Crippen LogP contribution in [-0.4, -0.2) is 22.5 Å². The van der Waals surface area contributed by atoms with Gasteiger partial charge < -0.3 is 10.4 Å². The quantitative estimate of drug-likeness (QED) is 0.650. The molecule has 1 heterocycles. The van der Waals surface area contributed by atoms with Crippen LogP contribution in [0.4, 0.5) is 0 Å². The lowest BCUT2D eigenvalue weighted by Crippen LogP contribution is -2.38. The molecule has 0 aromatic heterocycles. The number of rotatable bonds is 3. The molecule has 0 unspecified atom stereocenters. The predicted octanol–water partition coefficient (Wildman–Crippen LogP) is 0.520. The molecule has 1 fully saturated rings. The highest BCUT2D eigenvalue weighted by molar-refractivity contribution is 5.79. The zero-order valence-electron chi connectivity index (χ0n) is 7.09. The maximum atomic E-state index is 10.8. The highest BCUT2D eigenvalue weighted by Crippen LogP contribution is 2.24. The molecule has 0 bridgehead atoms. The Balaban J connectivity index is 2.40. The van der Waals surface area contributed by atoms with Gasteiger partial charge in [-0.1, -0.05) is 0 Å². The summed E-state index contributed by atoms with van der Waals surface area (Å²) in [6.45, 7) is 1.89. The van der Waals surface area contributed by atoms with Gasteiger partial charge in [-0.3, -0.25) is 9.59 Å². The lowest BCUT2D eigenvalue weighted by atomic mass is 9.94. The normalized spacial score (nSPS) is 28.6. The monoisotopic (exact) mass is 171 g/mol. The summed E-state index contributed by atoms with van der Waals surface area (Å²) in [5.74, 6) is -0.778. The van der Waals surface area contributed by atoms with Crippen molar-refractivity contribution >= 4 is 11.9 Å². The van der Waals surface area contributed by atoms with Crippen LogP contribution in [0.1, 0.15) is 32.6 Å². The fraction of sp³-hybridized carbons (Fsp3) is 0.750. The fourth-order valence-corrected chi connectivity index (χ4v) is 1.42. The first kappa shape index (κ1) is 9.03. The molecule has 0 aliphatic carbocycles. The Kier molecular flexibility index (Phi) is 2.35. The number of nitrogens with one attached hydrogen (secondary N) is 1. The second-order valence-electron chi connectivity index (χ2n) is 3.50. The van der Waals surface area contributed by atoms with E-state index in [4.69, 9.17) is 5.11 Å². The lowest BCUT2D eigenvalue weighted by Gasteiger charge is -2.22. The Morgan fingerprint density at radius 2 is 2.42 bits per heavy atom. The van der Waals surface area contributed by atoms with E-state index in [9.17, 15) is 9.59 Å². The molecule has 0 radical (unpaired) electrons. The fourth-order valence-electron chi connectivity index (χ4n) is 1.42. The summed E-state index contributed by atoms with van der Waals surface area (Å²) >= 11 is 0. The standard InChI is InChI=1S/C8H13NO3/c1-8(5-3-7(11)12)4-2-6(10)9-8/h2-5H2,1H3,(H,9,10)(H,11,12)/t8-/m0/s1. The Labute approximate surface area is 71.0 Å². The van der Waals surface area contributed by atoms with Gasteiger partial charge in [-0.25, -0.2) is 0 Å². The molecule has 2 N–H and O–H groups in total. The van der Waals surface area contributed by atoms with Gasteiger partial charge in [0.2, 0.25) is 5.91 Å². The van der Waals surface area contributed by atoms with Crippen molar-refractivity contribution in [2.45, 2.75) is 38.1 Å². The molecular weight excluding hydrogens is 158 g/mol. The molecule has 1 aliphatic heterocycles. The van der Waals surface area contributed by atoms with Crippen LogP contribution < -0.4 is 5.32 Å². The first-order valence-electron chi connectivity index (χ1n) is 4.05. The van der Waals surface area contributed by atoms with Crippen LogP contribution in [0.5, 0.6) is 0 Å². The highest BCUT2D eigenvalue weighted by atomic mass is 16.4. The van der Waals surface area contributed by atoms with Crippen molar-refractivity contribution in [2.75, 3.05) is 0 Å². The first-order chi connectivity index (χ1) is 5.52. The van der Waals surface area contributed by atoms with Crippen molar-refractivity contribution in [2.24, 2.45) is 0 Å². The van der Waals surface area contributed by atoms with Gasteiger partial charge in [0, 0.05) is 18.4 Å². The molecular formula is C8H13NO3. The third kappa shape index (κ3) is 2.22. The average Bonchev–Trinajstić information content (AvgIpc) is 2.29. The summed E-state index contributed by atoms with van der Waals surface area (Å²) < 4.78 is 0. The number of carboxylic acids is 1. The molecule has 12 heavy (non-hydrogen) atoms. The number of carboxylic acid groups (broad SMARTS) is 1. The van der Waals surface area contributed by atoms with E-state index >= 15 is 0 Å². The van der Waals surface area contributed by atoms with Crippen LogP contribution >= 0.6 is 0 Å². The van der Waals surface area contributed by atoms with Gasteiger partial charge >= 0.3 is 5.97 Å². The molecule has 1 atom stereocenters. The Bertz CT molecular complexity index is 214. The van der Waals surface area contributed by atoms with E-state index in [-0.39, 0.29) is 17.9 Å². The van der Waals surface area contributed by atoms with Crippen molar-refractivity contribution < 1.29 is 14.7 Å². The number of carbonyl (C=O) groups is 2. The van der Waals surface area contributed by atoms with E-state index in [1.165, 1.54) is 0 Å². The first-order valence-corrected chi connectivity index (χ1v) is 4.05. The minimum Gasteiger partial charge on any atom is -0.481 e. The summed E-state index contributed by atoms with van der Waals surface area (Å²) in [6, 6.07) is 0. The van der Waals surface area contributed by atoms with Gasteiger partial charge in [-0.2, -0.15) is 0 Å². The number of amides is 1. The number of carbonyl (C=O) groups excluding carboxylic acids is 1. The number of aliphatic carboxylic acids is 1. The van der Waals surface area contributed by atoms with E-state index < -0.39 is 5.97 Å². The molecule has 1 amide bonds. The average molecular weight is 171 g/mol. The Hall–Kier alpha value is -1.06. The number of hydrogen-bond acceptors (Lipinski definition) is 2. The predicted molar refractivity (Wildman–Crippen MR) is 42.7 cm³/mol. The SMILES string of the molecule is C[C@@]1(CCC(=O)O)CCC(=O)N1. The smallest absolute Gasteiger partial charge is 0.303 e. The molecule has 0 aromatic carbocycles. The van der Waals surface area contributed by atoms with Crippen LogP contribution in [0.3, 0.4) is 0 Å². The van der Waals surface area contributed by atoms with Crippen molar-refractivity contribution in [3.8, 4) is 0 Å². The maximum Gasteiger partial charge on any atom is 0.303 e. The van der Waals surface area contributed by atoms with Crippen molar-refractivity contribution in [1.29, 1.82) is 0 Å². The van der Waals surface area contributed by atoms with E-state index in [0.717, 1.165) is 6.42 Å². The lowest BCUT2D eigenvalue weighted by molar-refractivity contribution is -0.137. The minimum absolute atomic E-state index is 0.0305. The van der Waals surface area contributed by atoms with Crippen molar-refractivity contribution in [3.63, 3.8) is 0 Å². The largest absolute Gasteiger partial charge is 0.481 e. The summed E-state index contributed by atoms with van der Waals surface area (Å²) in [6.07, 6.45) is 1.92. The van der Waals surface area contributed by atoms with Crippen LogP contribution in [0.2, 0.25) is 0 Å². The van der Waals surface area contributed by atoms with Crippen LogP contribution in [0.25, 0.3) is 0 Å². The molecule has 0 saturated carbocycles. The molecule has 68 valence electrons. The third-order valence-corrected chi connectivity index (χ3v) is 2.24. The van der Waals surface area contributed by atoms with E-state index in [1.807, 2.05) is 6.92 Å². The van der Waals surface area contributed by atoms with Crippen LogP contribution in [0.15, 0.2) is 0 Å². The summed E-state index contributed by atoms with van der Waals surface area (Å²) in [4.78, 5) is 21.1. The maximum absolute atomic E-state index is 10.8. The van der Waals surface area contributed by atoms with E-state index in [1.54, 1.807) is 0 Å². The van der Waals surface area contributed by atoms with Gasteiger partial charge in [0.15, 0.2) is 0 Å². The van der Waals surface area contributed by atoms with Crippen LogP contribution in [-0.2, 0) is 9.59 Å². The van der Waals surface area contributed by atoms with Crippen molar-refractivity contribution in [1.82, 2.24) is 5.32 Å². The minimum atomic E-state index is -0.808. The van der Waals surface area contributed by atoms with Gasteiger partial charge in [-0.05, 0) is 19.8 Å². The summed E-state index contributed by atoms with van der Waals surface area (Å²) in [7, 11) is 0. The Morgan fingerprint density at radius 1 is 1.75 bits per heavy atom. The zero-order valence-corrected chi connectivity index (χ0v) is 7.09. The van der Waals surface area contributed by atoms with Gasteiger partial charge in [0.05, 0.1) is 0 Å².